The zero-order chi connectivity index (χ0) is 14.9. The van der Waals surface area contributed by atoms with E-state index in [-0.39, 0.29) is 22.2 Å². The molecular formula is C16H27NO2. The monoisotopic (exact) mass is 265 g/mol. The molecule has 0 radical (unpaired) electrons. The number of ether oxygens (including phenoxy) is 1. The third kappa shape index (κ3) is 3.72. The maximum atomic E-state index is 12.1. The van der Waals surface area contributed by atoms with Crippen molar-refractivity contribution in [3.05, 3.63) is 0 Å². The second-order valence-electron chi connectivity index (χ2n) is 7.83. The SMILES string of the molecule is CCOC(=O)C(C#N)C1(C)CC(C)(C)CC(C)(C)C1. The normalized spacial score (nSPS) is 25.1. The van der Waals surface area contributed by atoms with Crippen molar-refractivity contribution in [1.29, 1.82) is 5.26 Å². The fraction of sp³-hybridized carbons (Fsp3) is 0.875. The average molecular weight is 265 g/mol. The highest BCUT2D eigenvalue weighted by Crippen LogP contribution is 2.56. The van der Waals surface area contributed by atoms with Gasteiger partial charge < -0.3 is 4.74 Å². The van der Waals surface area contributed by atoms with Crippen LogP contribution in [0, 0.1) is 33.5 Å². The van der Waals surface area contributed by atoms with Crippen molar-refractivity contribution in [1.82, 2.24) is 0 Å². The minimum atomic E-state index is -0.661. The predicted octanol–water partition coefficient (Wildman–Crippen LogP) is 3.93. The van der Waals surface area contributed by atoms with Crippen LogP contribution in [0.3, 0.4) is 0 Å². The number of nitriles is 1. The van der Waals surface area contributed by atoms with Gasteiger partial charge in [-0.25, -0.2) is 0 Å². The molecule has 1 saturated carbocycles. The van der Waals surface area contributed by atoms with Gasteiger partial charge in [-0.2, -0.15) is 5.26 Å². The molecule has 19 heavy (non-hydrogen) atoms. The summed E-state index contributed by atoms with van der Waals surface area (Å²) >= 11 is 0. The summed E-state index contributed by atoms with van der Waals surface area (Å²) in [6.07, 6.45) is 2.90. The Morgan fingerprint density at radius 3 is 2.00 bits per heavy atom. The molecule has 3 heteroatoms. The Balaban J connectivity index is 3.06. The van der Waals surface area contributed by atoms with Gasteiger partial charge in [-0.3, -0.25) is 4.79 Å². The summed E-state index contributed by atoms with van der Waals surface area (Å²) in [6.45, 7) is 13.1. The lowest BCUT2D eigenvalue weighted by molar-refractivity contribution is -0.153. The number of hydrogen-bond donors (Lipinski definition) is 0. The average Bonchev–Trinajstić information content (AvgIpc) is 2.11. The summed E-state index contributed by atoms with van der Waals surface area (Å²) < 4.78 is 5.09. The van der Waals surface area contributed by atoms with E-state index in [0.717, 1.165) is 19.3 Å². The second-order valence-corrected chi connectivity index (χ2v) is 7.83. The predicted molar refractivity (Wildman–Crippen MR) is 75.3 cm³/mol. The molecule has 108 valence electrons. The number of carbonyl (C=O) groups is 1. The molecule has 0 aromatic heterocycles. The summed E-state index contributed by atoms with van der Waals surface area (Å²) in [5.41, 5.74) is 0.00242. The quantitative estimate of drug-likeness (QED) is 0.726. The summed E-state index contributed by atoms with van der Waals surface area (Å²) in [6, 6.07) is 2.20. The molecule has 0 aliphatic heterocycles. The molecule has 1 atom stereocenters. The van der Waals surface area contributed by atoms with E-state index in [2.05, 4.69) is 40.7 Å². The third-order valence-corrected chi connectivity index (χ3v) is 4.07. The van der Waals surface area contributed by atoms with Crippen LogP contribution in [0.4, 0.5) is 0 Å². The van der Waals surface area contributed by atoms with E-state index in [4.69, 9.17) is 4.74 Å². The summed E-state index contributed by atoms with van der Waals surface area (Å²) in [4.78, 5) is 12.1. The van der Waals surface area contributed by atoms with E-state index in [1.165, 1.54) is 0 Å². The van der Waals surface area contributed by atoms with E-state index in [1.54, 1.807) is 6.92 Å². The maximum Gasteiger partial charge on any atom is 0.323 e. The fourth-order valence-corrected chi connectivity index (χ4v) is 4.59. The van der Waals surface area contributed by atoms with Gasteiger partial charge in [0.25, 0.3) is 0 Å². The van der Waals surface area contributed by atoms with Gasteiger partial charge in [-0.15, -0.1) is 0 Å². The first-order chi connectivity index (χ1) is 8.55. The van der Waals surface area contributed by atoms with E-state index < -0.39 is 5.92 Å². The van der Waals surface area contributed by atoms with Crippen LogP contribution in [0.5, 0.6) is 0 Å². The van der Waals surface area contributed by atoms with E-state index in [9.17, 15) is 10.1 Å². The summed E-state index contributed by atoms with van der Waals surface area (Å²) in [5.74, 6) is -1.02. The van der Waals surface area contributed by atoms with Gasteiger partial charge in [0.15, 0.2) is 0 Å². The largest absolute Gasteiger partial charge is 0.465 e. The lowest BCUT2D eigenvalue weighted by Crippen LogP contribution is -2.46. The van der Waals surface area contributed by atoms with Gasteiger partial charge in [-0.05, 0) is 42.4 Å². The zero-order valence-electron chi connectivity index (χ0n) is 13.2. The van der Waals surface area contributed by atoms with E-state index in [1.807, 2.05) is 0 Å². The van der Waals surface area contributed by atoms with Gasteiger partial charge in [-0.1, -0.05) is 34.6 Å². The van der Waals surface area contributed by atoms with Gasteiger partial charge in [0.05, 0.1) is 12.7 Å². The molecular weight excluding hydrogens is 238 g/mol. The van der Waals surface area contributed by atoms with Crippen molar-refractivity contribution in [3.63, 3.8) is 0 Å². The van der Waals surface area contributed by atoms with Crippen molar-refractivity contribution >= 4 is 5.97 Å². The summed E-state index contributed by atoms with van der Waals surface area (Å²) in [5, 5.41) is 9.43. The van der Waals surface area contributed by atoms with Crippen molar-refractivity contribution in [2.24, 2.45) is 22.2 Å². The molecule has 0 spiro atoms. The second kappa shape index (κ2) is 5.15. The van der Waals surface area contributed by atoms with Crippen LogP contribution >= 0.6 is 0 Å². The molecule has 0 heterocycles. The molecule has 1 unspecified atom stereocenters. The Hall–Kier alpha value is -1.04. The Kier molecular flexibility index (Phi) is 4.34. The Morgan fingerprint density at radius 2 is 1.63 bits per heavy atom. The number of hydrogen-bond acceptors (Lipinski definition) is 3. The third-order valence-electron chi connectivity index (χ3n) is 4.07. The molecule has 0 saturated heterocycles. The summed E-state index contributed by atoms with van der Waals surface area (Å²) in [7, 11) is 0. The van der Waals surface area contributed by atoms with E-state index in [0.29, 0.717) is 6.61 Å². The van der Waals surface area contributed by atoms with Crippen LogP contribution < -0.4 is 0 Å². The first-order valence-electron chi connectivity index (χ1n) is 7.11. The minimum Gasteiger partial charge on any atom is -0.465 e. The van der Waals surface area contributed by atoms with E-state index >= 15 is 0 Å². The topological polar surface area (TPSA) is 50.1 Å². The minimum absolute atomic E-state index is 0.151. The van der Waals surface area contributed by atoms with Crippen LogP contribution in [0.1, 0.15) is 60.8 Å². The van der Waals surface area contributed by atoms with Crippen molar-refractivity contribution < 1.29 is 9.53 Å². The standard InChI is InChI=1S/C16H27NO2/c1-7-19-13(18)12(8-17)16(6)10-14(2,3)9-15(4,5)11-16/h12H,7,9-11H2,1-6H3. The van der Waals surface area contributed by atoms with Crippen molar-refractivity contribution in [3.8, 4) is 6.07 Å². The van der Waals surface area contributed by atoms with Crippen molar-refractivity contribution in [2.45, 2.75) is 60.8 Å². The maximum absolute atomic E-state index is 12.1. The zero-order valence-corrected chi connectivity index (χ0v) is 13.2. The number of nitrogens with zero attached hydrogens (tertiary/aromatic N) is 1. The fourth-order valence-electron chi connectivity index (χ4n) is 4.59. The molecule has 0 bridgehead atoms. The first-order valence-corrected chi connectivity index (χ1v) is 7.11. The lowest BCUT2D eigenvalue weighted by atomic mass is 9.52. The molecule has 1 rings (SSSR count). The van der Waals surface area contributed by atoms with Crippen LogP contribution in [0.15, 0.2) is 0 Å². The number of rotatable bonds is 3. The van der Waals surface area contributed by atoms with Gasteiger partial charge in [0.2, 0.25) is 0 Å². The lowest BCUT2D eigenvalue weighted by Gasteiger charge is -2.51. The van der Waals surface area contributed by atoms with Crippen LogP contribution in [0.25, 0.3) is 0 Å². The van der Waals surface area contributed by atoms with Gasteiger partial charge in [0.1, 0.15) is 5.92 Å². The van der Waals surface area contributed by atoms with Crippen LogP contribution in [-0.4, -0.2) is 12.6 Å². The molecule has 0 aromatic rings. The smallest absolute Gasteiger partial charge is 0.323 e. The molecule has 0 N–H and O–H groups in total. The molecule has 1 aliphatic carbocycles. The highest BCUT2D eigenvalue weighted by molar-refractivity contribution is 5.76. The molecule has 0 aromatic carbocycles. The molecule has 1 fully saturated rings. The first kappa shape index (κ1) is 16.0. The Morgan fingerprint density at radius 1 is 1.16 bits per heavy atom. The van der Waals surface area contributed by atoms with Crippen LogP contribution in [-0.2, 0) is 9.53 Å². The molecule has 1 aliphatic rings. The molecule has 3 nitrogen and oxygen atoms in total. The van der Waals surface area contributed by atoms with Crippen LogP contribution in [0.2, 0.25) is 0 Å². The number of esters is 1. The highest BCUT2D eigenvalue weighted by atomic mass is 16.5. The number of carbonyl (C=O) groups excluding carboxylic acids is 1. The Labute approximate surface area is 117 Å². The van der Waals surface area contributed by atoms with Gasteiger partial charge in [0, 0.05) is 0 Å². The molecule has 0 amide bonds. The highest BCUT2D eigenvalue weighted by Gasteiger charge is 2.51. The van der Waals surface area contributed by atoms with Gasteiger partial charge >= 0.3 is 5.97 Å². The Bertz CT molecular complexity index is 374. The van der Waals surface area contributed by atoms with Crippen molar-refractivity contribution in [2.75, 3.05) is 6.61 Å².